The molecule has 0 N–H and O–H groups in total. The van der Waals surface area contributed by atoms with Gasteiger partial charge in [0.05, 0.1) is 89.0 Å². The summed E-state index contributed by atoms with van der Waals surface area (Å²) in [6, 6.07) is 39.4. The summed E-state index contributed by atoms with van der Waals surface area (Å²) in [6.07, 6.45) is 26.0. The lowest BCUT2D eigenvalue weighted by Gasteiger charge is -2.32. The Morgan fingerprint density at radius 2 is 0.951 bits per heavy atom. The van der Waals surface area contributed by atoms with Crippen molar-refractivity contribution in [1.82, 2.24) is 52.7 Å². The maximum absolute atomic E-state index is 12.1. The zero-order valence-electron chi connectivity index (χ0n) is 77.8. The van der Waals surface area contributed by atoms with Gasteiger partial charge in [-0.15, -0.1) is 11.3 Å². The smallest absolute Gasteiger partial charge is 0.323 e. The molecule has 6 aromatic heterocycles. The minimum atomic E-state index is -1.80. The van der Waals surface area contributed by atoms with Crippen LogP contribution in [0.1, 0.15) is 261 Å². The lowest BCUT2D eigenvalue weighted by atomic mass is 9.80. The van der Waals surface area contributed by atoms with Gasteiger partial charge in [0.15, 0.2) is 0 Å². The Hall–Kier alpha value is -10.8. The molecular formula is C103H132N14O4SSi. The number of aromatic nitrogens is 10. The molecule has 648 valence electrons. The van der Waals surface area contributed by atoms with Gasteiger partial charge in [-0.05, 0) is 250 Å². The van der Waals surface area contributed by atoms with Crippen molar-refractivity contribution < 1.29 is 18.8 Å². The molecule has 0 spiro atoms. The number of likely N-dealkylation sites (N-methyl/N-ethyl adjacent to an activating group) is 1. The number of urea groups is 1. The van der Waals surface area contributed by atoms with Crippen molar-refractivity contribution >= 4 is 80.9 Å². The van der Waals surface area contributed by atoms with Crippen LogP contribution in [0.25, 0.3) is 43.9 Å². The van der Waals surface area contributed by atoms with Crippen LogP contribution in [-0.4, -0.2) is 113 Å². The van der Waals surface area contributed by atoms with Gasteiger partial charge < -0.3 is 42.0 Å². The summed E-state index contributed by atoms with van der Waals surface area (Å²) < 4.78 is 18.1. The highest BCUT2D eigenvalue weighted by Crippen LogP contribution is 2.40. The van der Waals surface area contributed by atoms with Gasteiger partial charge in [-0.3, -0.25) is 14.5 Å². The number of aryl methyl sites for hydroxylation is 6. The standard InChI is InChI=1S/C16H20N4.C16H22N2OSi.C16H20N2.C15H22N2O.C15H16N2S.C13H17NO.C12H15NO/c1-5-12-8-20(10-17-12)14-7-6-13(11(2)3)16-15(14)18-9-19(16)4;1-11(2)13-6-7-15(18-8-12(3)17-10-18)16-14(13)9-19-20(16,4)5;1-4-12-9-18(10-17-12)16-8-7-13(11(2)3)14-5-6-15(14)16;1-11(2)12-7-8-14-13(10-12)6-5-9-17(14)15(18)16(3)4;1-10(2)12-4-5-14(15-13(12)6-7-18-15)17-8-11(3)16-9-17;1-9(2)11-4-5-13-12(8-11)6-7-14(13)10(3)15;1-8(2)9-4-5-11-10(6-9)7-12(14)13(11)3/h6-11H,5H2,1-4H3;6-8,10-11H,9H2,1-5H3;7-11H,4-6H2,1-3H3;7-8,10-11H,5-6,9H2,1-4H3;4-10H,1-3H3;4-5,8-9H,6-7H2,1-3H3;4-6,8H,7H2,1-3H3. The first kappa shape index (κ1) is 91.4. The third-order valence-electron chi connectivity index (χ3n) is 24.5. The van der Waals surface area contributed by atoms with Crippen molar-refractivity contribution in [2.75, 3.05) is 48.9 Å². The lowest BCUT2D eigenvalue weighted by molar-refractivity contribution is -0.117. The van der Waals surface area contributed by atoms with Crippen LogP contribution in [0.5, 0.6) is 0 Å². The van der Waals surface area contributed by atoms with E-state index in [-0.39, 0.29) is 17.8 Å². The topological polar surface area (TPSA) is 162 Å². The summed E-state index contributed by atoms with van der Waals surface area (Å²) in [5.74, 6) is 4.16. The lowest BCUT2D eigenvalue weighted by Crippen LogP contribution is -2.42. The number of carbonyl (C=O) groups is 3. The van der Waals surface area contributed by atoms with Crippen LogP contribution in [0, 0.1) is 13.8 Å². The molecule has 0 saturated carbocycles. The van der Waals surface area contributed by atoms with Gasteiger partial charge in [-0.25, -0.2) is 29.7 Å². The Bertz CT molecular complexity index is 5900. The van der Waals surface area contributed by atoms with Crippen molar-refractivity contribution in [3.63, 3.8) is 0 Å². The largest absolute Gasteiger partial charge is 0.409 e. The predicted octanol–water partition coefficient (Wildman–Crippen LogP) is 23.2. The summed E-state index contributed by atoms with van der Waals surface area (Å²) in [5.41, 5.74) is 32.8. The van der Waals surface area contributed by atoms with Crippen molar-refractivity contribution in [2.24, 2.45) is 7.05 Å². The van der Waals surface area contributed by atoms with Crippen LogP contribution in [0.3, 0.4) is 0 Å². The maximum atomic E-state index is 12.1. The fourth-order valence-electron chi connectivity index (χ4n) is 17.3. The summed E-state index contributed by atoms with van der Waals surface area (Å²) in [7, 11) is 5.69. The van der Waals surface area contributed by atoms with E-state index in [1.807, 2.05) is 62.3 Å². The quantitative estimate of drug-likeness (QED) is 0.102. The second kappa shape index (κ2) is 39.4. The van der Waals surface area contributed by atoms with Crippen molar-refractivity contribution in [2.45, 2.75) is 244 Å². The molecule has 0 unspecified atom stereocenters. The molecule has 20 heteroatoms. The van der Waals surface area contributed by atoms with Crippen LogP contribution in [0.15, 0.2) is 171 Å². The van der Waals surface area contributed by atoms with Crippen LogP contribution in [0.2, 0.25) is 13.1 Å². The Morgan fingerprint density at radius 3 is 1.47 bits per heavy atom. The summed E-state index contributed by atoms with van der Waals surface area (Å²) in [6.45, 7) is 48.1. The van der Waals surface area contributed by atoms with E-state index in [1.165, 1.54) is 117 Å². The van der Waals surface area contributed by atoms with Gasteiger partial charge in [0.1, 0.15) is 5.52 Å². The van der Waals surface area contributed by atoms with Gasteiger partial charge in [-0.1, -0.05) is 171 Å². The minimum Gasteiger partial charge on any atom is -0.409 e. The number of carbonyl (C=O) groups excluding carboxylic acids is 3. The molecule has 13 aromatic rings. The number of fused-ring (bicyclic) bond motifs is 7. The van der Waals surface area contributed by atoms with Crippen LogP contribution >= 0.6 is 11.3 Å². The van der Waals surface area contributed by atoms with E-state index >= 15 is 0 Å². The second-order valence-corrected chi connectivity index (χ2v) is 41.1. The molecule has 4 amide bonds. The van der Waals surface area contributed by atoms with Gasteiger partial charge in [0.25, 0.3) is 0 Å². The molecule has 123 heavy (non-hydrogen) atoms. The van der Waals surface area contributed by atoms with Crippen LogP contribution < -0.4 is 19.9 Å². The Labute approximate surface area is 736 Å². The SMILES string of the molecule is CC(=O)N1CCc2cc(C(C)C)ccc21.CC(C)c1ccc2c(c1)CC(=O)N2C.CC(C)c1ccc2c(c1)CCCN2C(=O)N(C)C.CCc1cn(-c2ccc(C(C)C)c3c2CC3)cn1.CCc1cn(-c2ccc(C(C)C)c3c2ncn3C)cn1.Cc1cn(-c2ccc(C(C)C)c3c2[Si](C)(C)OC3)cn1.Cc1cn(-c2ccc(C(C)C)c3ccsc23)cn1. The van der Waals surface area contributed by atoms with Gasteiger partial charge in [0.2, 0.25) is 20.1 Å². The van der Waals surface area contributed by atoms with E-state index < -0.39 is 8.32 Å². The number of hydrogen-bond donors (Lipinski definition) is 0. The summed E-state index contributed by atoms with van der Waals surface area (Å²) >= 11 is 1.80. The average Bonchev–Trinajstić information content (AvgIpc) is 1.66. The number of imidazole rings is 5. The van der Waals surface area contributed by atoms with Crippen LogP contribution in [0.4, 0.5) is 21.9 Å². The van der Waals surface area contributed by atoms with E-state index in [9.17, 15) is 14.4 Å². The molecule has 7 aromatic carbocycles. The predicted molar refractivity (Wildman–Crippen MR) is 513 cm³/mol. The number of anilines is 3. The highest BCUT2D eigenvalue weighted by molar-refractivity contribution is 7.17. The van der Waals surface area contributed by atoms with E-state index in [2.05, 4.69) is 318 Å². The summed E-state index contributed by atoms with van der Waals surface area (Å²) in [4.78, 5) is 64.1. The average molecular weight is 1690 g/mol. The fourth-order valence-corrected chi connectivity index (χ4v) is 20.6. The molecule has 0 saturated heterocycles. The van der Waals surface area contributed by atoms with Crippen molar-refractivity contribution in [1.29, 1.82) is 0 Å². The second-order valence-electron chi connectivity index (χ2n) is 36.3. The molecule has 0 bridgehead atoms. The van der Waals surface area contributed by atoms with E-state index in [0.29, 0.717) is 47.8 Å². The molecule has 0 radical (unpaired) electrons. The molecule has 1 aliphatic carbocycles. The van der Waals surface area contributed by atoms with E-state index in [4.69, 9.17) is 4.43 Å². The molecule has 18 rings (SSSR count). The van der Waals surface area contributed by atoms with E-state index in [1.54, 1.807) is 47.7 Å². The normalized spacial score (nSPS) is 13.9. The van der Waals surface area contributed by atoms with Crippen LogP contribution in [-0.2, 0) is 72.6 Å². The molecule has 10 heterocycles. The minimum absolute atomic E-state index is 0.0771. The van der Waals surface area contributed by atoms with Gasteiger partial charge >= 0.3 is 6.03 Å². The van der Waals surface area contributed by atoms with Crippen molar-refractivity contribution in [3.05, 3.63) is 266 Å². The molecule has 0 fully saturated rings. The van der Waals surface area contributed by atoms with Gasteiger partial charge in [0, 0.05) is 101 Å². The molecule has 5 aliphatic rings. The maximum Gasteiger partial charge on any atom is 0.323 e. The number of rotatable bonds is 13. The number of benzene rings is 7. The number of amides is 4. The Balaban J connectivity index is 0.000000131. The number of hydrogen-bond acceptors (Lipinski definition) is 10. The first-order chi connectivity index (χ1) is 58.6. The Kier molecular flexibility index (Phi) is 29.3. The molecule has 0 atom stereocenters. The molecule has 18 nitrogen and oxygen atoms in total. The molecule has 4 aliphatic heterocycles. The highest BCUT2D eigenvalue weighted by Gasteiger charge is 2.39. The third-order valence-corrected chi connectivity index (χ3v) is 28.1. The van der Waals surface area contributed by atoms with Crippen molar-refractivity contribution in [3.8, 4) is 22.7 Å². The highest BCUT2D eigenvalue weighted by atomic mass is 32.1. The van der Waals surface area contributed by atoms with E-state index in [0.717, 1.165) is 103 Å². The molecular weight excluding hydrogens is 1560 g/mol. The fraction of sp³-hybridized carbons (Fsp3) is 0.417. The first-order valence-corrected chi connectivity index (χ1v) is 48.3. The Morgan fingerprint density at radius 1 is 0.480 bits per heavy atom. The zero-order valence-corrected chi connectivity index (χ0v) is 79.6. The summed E-state index contributed by atoms with van der Waals surface area (Å²) in [5, 5.41) is 4.99. The zero-order chi connectivity index (χ0) is 88.7. The first-order valence-electron chi connectivity index (χ1n) is 44.5. The monoisotopic (exact) mass is 1690 g/mol. The number of nitrogens with zero attached hydrogens (tertiary/aromatic N) is 14. The van der Waals surface area contributed by atoms with Gasteiger partial charge in [-0.2, -0.15) is 0 Å². The third kappa shape index (κ3) is 20.4. The number of thiophene rings is 1.